The Kier molecular flexibility index (Phi) is 6.66. The molecule has 1 heterocycles. The monoisotopic (exact) mass is 536 g/mol. The molecule has 0 spiro atoms. The average Bonchev–Trinajstić information content (AvgIpc) is 3.21. The maximum Gasteiger partial charge on any atom is 0.416 e. The maximum atomic E-state index is 12.8. The lowest BCUT2D eigenvalue weighted by Gasteiger charge is -2.08. The molecule has 4 rings (SSSR count). The van der Waals surface area contributed by atoms with Gasteiger partial charge in [-0.2, -0.15) is 18.3 Å². The van der Waals surface area contributed by atoms with Crippen LogP contribution < -0.4 is 4.74 Å². The number of aromatic nitrogens is 2. The Morgan fingerprint density at radius 2 is 1.88 bits per heavy atom. The van der Waals surface area contributed by atoms with Crippen LogP contribution in [0, 0.1) is 0 Å². The molecule has 10 heteroatoms. The molecule has 0 saturated carbocycles. The smallest absolute Gasteiger partial charge is 0.416 e. The zero-order valence-electron chi connectivity index (χ0n) is 16.8. The topological polar surface area (TPSA) is 64.3 Å². The highest BCUT2D eigenvalue weighted by Crippen LogP contribution is 2.34. The van der Waals surface area contributed by atoms with E-state index in [2.05, 4.69) is 21.0 Å². The van der Waals surface area contributed by atoms with Crippen molar-refractivity contribution in [2.75, 3.05) is 6.61 Å². The summed E-state index contributed by atoms with van der Waals surface area (Å²) in [7, 11) is 0. The van der Waals surface area contributed by atoms with Crippen molar-refractivity contribution in [1.29, 1.82) is 0 Å². The van der Waals surface area contributed by atoms with Gasteiger partial charge >= 0.3 is 12.1 Å². The molecular formula is C23H16BrF3N2O3S. The van der Waals surface area contributed by atoms with Gasteiger partial charge < -0.3 is 9.84 Å². The van der Waals surface area contributed by atoms with Crippen molar-refractivity contribution in [2.24, 2.45) is 0 Å². The van der Waals surface area contributed by atoms with Crippen molar-refractivity contribution in [2.45, 2.75) is 16.8 Å². The fourth-order valence-corrected chi connectivity index (χ4v) is 4.74. The number of hydrogen-bond donors (Lipinski definition) is 1. The SMILES string of the molecule is O=C(O)COc1ccc(SCc2cccc3nn(-c4ccc(C(F)(F)F)cc4)cc23)cc1Br. The first-order valence-electron chi connectivity index (χ1n) is 9.62. The largest absolute Gasteiger partial charge is 0.481 e. The van der Waals surface area contributed by atoms with Crippen LogP contribution in [0.2, 0.25) is 0 Å². The van der Waals surface area contributed by atoms with Gasteiger partial charge in [-0.3, -0.25) is 0 Å². The van der Waals surface area contributed by atoms with Gasteiger partial charge in [0.1, 0.15) is 5.75 Å². The van der Waals surface area contributed by atoms with E-state index in [-0.39, 0.29) is 0 Å². The molecule has 0 radical (unpaired) electrons. The third kappa shape index (κ3) is 5.51. The van der Waals surface area contributed by atoms with Crippen molar-refractivity contribution in [3.8, 4) is 11.4 Å². The van der Waals surface area contributed by atoms with Gasteiger partial charge in [0.05, 0.1) is 21.2 Å². The first-order valence-corrected chi connectivity index (χ1v) is 11.4. The van der Waals surface area contributed by atoms with E-state index in [0.29, 0.717) is 21.7 Å². The van der Waals surface area contributed by atoms with Gasteiger partial charge in [0.15, 0.2) is 6.61 Å². The Labute approximate surface area is 199 Å². The molecule has 0 aliphatic carbocycles. The predicted octanol–water partition coefficient (Wildman–Crippen LogP) is 6.56. The minimum atomic E-state index is -4.38. The third-order valence-electron chi connectivity index (χ3n) is 4.75. The molecule has 170 valence electrons. The van der Waals surface area contributed by atoms with Crippen LogP contribution >= 0.6 is 27.7 Å². The summed E-state index contributed by atoms with van der Waals surface area (Å²) in [6, 6.07) is 16.0. The number of carbonyl (C=O) groups is 1. The zero-order valence-corrected chi connectivity index (χ0v) is 19.2. The molecule has 0 atom stereocenters. The van der Waals surface area contributed by atoms with Gasteiger partial charge in [-0.1, -0.05) is 12.1 Å². The van der Waals surface area contributed by atoms with Crippen LogP contribution in [-0.4, -0.2) is 27.5 Å². The lowest BCUT2D eigenvalue weighted by Crippen LogP contribution is -2.09. The highest BCUT2D eigenvalue weighted by molar-refractivity contribution is 9.10. The normalized spacial score (nSPS) is 11.6. The maximum absolute atomic E-state index is 12.8. The Bertz CT molecular complexity index is 1310. The van der Waals surface area contributed by atoms with Crippen LogP contribution in [0.3, 0.4) is 0 Å². The Morgan fingerprint density at radius 3 is 2.55 bits per heavy atom. The molecule has 1 N–H and O–H groups in total. The number of halogens is 4. The molecule has 0 fully saturated rings. The summed E-state index contributed by atoms with van der Waals surface area (Å²) >= 11 is 4.98. The van der Waals surface area contributed by atoms with Crippen molar-refractivity contribution < 1.29 is 27.8 Å². The van der Waals surface area contributed by atoms with E-state index in [4.69, 9.17) is 9.84 Å². The van der Waals surface area contributed by atoms with E-state index in [1.165, 1.54) is 12.1 Å². The number of carboxylic acids is 1. The molecule has 1 aromatic heterocycles. The van der Waals surface area contributed by atoms with E-state index in [1.807, 2.05) is 36.5 Å². The number of aliphatic carboxylic acids is 1. The summed E-state index contributed by atoms with van der Waals surface area (Å²) in [6.45, 7) is -0.421. The first-order chi connectivity index (χ1) is 15.7. The number of alkyl halides is 3. The van der Waals surface area contributed by atoms with Crippen LogP contribution in [0.25, 0.3) is 16.6 Å². The number of nitrogens with zero attached hydrogens (tertiary/aromatic N) is 2. The summed E-state index contributed by atoms with van der Waals surface area (Å²) in [4.78, 5) is 11.6. The lowest BCUT2D eigenvalue weighted by atomic mass is 10.1. The summed E-state index contributed by atoms with van der Waals surface area (Å²) in [5.41, 5.74) is 1.61. The van der Waals surface area contributed by atoms with Crippen LogP contribution in [0.4, 0.5) is 13.2 Å². The summed E-state index contributed by atoms with van der Waals surface area (Å²) in [6.07, 6.45) is -2.57. The fourth-order valence-electron chi connectivity index (χ4n) is 3.15. The van der Waals surface area contributed by atoms with Crippen molar-refractivity contribution in [1.82, 2.24) is 9.78 Å². The molecular weight excluding hydrogens is 521 g/mol. The second kappa shape index (κ2) is 9.48. The van der Waals surface area contributed by atoms with Gasteiger partial charge in [-0.05, 0) is 70.0 Å². The number of ether oxygens (including phenoxy) is 1. The van der Waals surface area contributed by atoms with Crippen molar-refractivity contribution >= 4 is 44.6 Å². The van der Waals surface area contributed by atoms with Gasteiger partial charge in [-0.15, -0.1) is 11.8 Å². The molecule has 0 aliphatic rings. The summed E-state index contributed by atoms with van der Waals surface area (Å²) in [5, 5.41) is 14.2. The number of benzene rings is 3. The highest BCUT2D eigenvalue weighted by atomic mass is 79.9. The van der Waals surface area contributed by atoms with Crippen LogP contribution in [0.1, 0.15) is 11.1 Å². The Morgan fingerprint density at radius 1 is 1.12 bits per heavy atom. The summed E-state index contributed by atoms with van der Waals surface area (Å²) in [5.74, 6) is 0.0321. The Balaban J connectivity index is 1.52. The molecule has 0 aliphatic heterocycles. The number of fused-ring (bicyclic) bond motifs is 1. The first kappa shape index (κ1) is 23.2. The van der Waals surface area contributed by atoms with Gasteiger partial charge in [0, 0.05) is 22.2 Å². The molecule has 0 bridgehead atoms. The minimum Gasteiger partial charge on any atom is -0.481 e. The average molecular weight is 537 g/mol. The second-order valence-corrected chi connectivity index (χ2v) is 8.93. The van der Waals surface area contributed by atoms with Crippen LogP contribution in [0.15, 0.2) is 76.2 Å². The van der Waals surface area contributed by atoms with Crippen molar-refractivity contribution in [3.63, 3.8) is 0 Å². The summed E-state index contributed by atoms with van der Waals surface area (Å²) < 4.78 is 45.9. The number of rotatable bonds is 7. The lowest BCUT2D eigenvalue weighted by molar-refractivity contribution is -0.139. The predicted molar refractivity (Wildman–Crippen MR) is 123 cm³/mol. The Hall–Kier alpha value is -2.98. The molecule has 33 heavy (non-hydrogen) atoms. The second-order valence-electron chi connectivity index (χ2n) is 7.03. The molecule has 0 unspecified atom stereocenters. The molecule has 0 saturated heterocycles. The number of hydrogen-bond acceptors (Lipinski definition) is 4. The van der Waals surface area contributed by atoms with Crippen molar-refractivity contribution in [3.05, 3.63) is 82.5 Å². The van der Waals surface area contributed by atoms with E-state index in [1.54, 1.807) is 22.5 Å². The zero-order chi connectivity index (χ0) is 23.6. The van der Waals surface area contributed by atoms with Crippen LogP contribution in [-0.2, 0) is 16.7 Å². The quantitative estimate of drug-likeness (QED) is 0.271. The molecule has 3 aromatic carbocycles. The standard InChI is InChI=1S/C23H16BrF3N2O3S/c24-19-10-17(8-9-21(19)32-12-22(30)31)33-13-14-2-1-3-20-18(14)11-29(28-20)16-6-4-15(5-7-16)23(25,26)27/h1-11H,12-13H2,(H,30,31). The van der Waals surface area contributed by atoms with Gasteiger partial charge in [0.2, 0.25) is 0 Å². The molecule has 4 aromatic rings. The van der Waals surface area contributed by atoms with Gasteiger partial charge in [-0.25, -0.2) is 9.48 Å². The van der Waals surface area contributed by atoms with E-state index in [0.717, 1.165) is 33.5 Å². The number of thioether (sulfide) groups is 1. The van der Waals surface area contributed by atoms with E-state index >= 15 is 0 Å². The molecule has 5 nitrogen and oxygen atoms in total. The minimum absolute atomic E-state index is 0.421. The van der Waals surface area contributed by atoms with E-state index < -0.39 is 24.3 Å². The fraction of sp³-hybridized carbons (Fsp3) is 0.130. The third-order valence-corrected chi connectivity index (χ3v) is 6.41. The van der Waals surface area contributed by atoms with Crippen LogP contribution in [0.5, 0.6) is 5.75 Å². The van der Waals surface area contributed by atoms with Gasteiger partial charge in [0.25, 0.3) is 0 Å². The van der Waals surface area contributed by atoms with E-state index in [9.17, 15) is 18.0 Å². The molecule has 0 amide bonds. The highest BCUT2D eigenvalue weighted by Gasteiger charge is 2.30. The number of carboxylic acid groups (broad SMARTS) is 1.